The van der Waals surface area contributed by atoms with Gasteiger partial charge in [0, 0.05) is 49.6 Å². The molecule has 0 saturated carbocycles. The van der Waals surface area contributed by atoms with Gasteiger partial charge in [-0.3, -0.25) is 0 Å². The third kappa shape index (κ3) is 10.5. The number of amides is 2. The third-order valence-corrected chi connectivity index (χ3v) is 11.3. The Kier molecular flexibility index (Phi) is 13.6. The molecule has 0 aromatic heterocycles. The summed E-state index contributed by atoms with van der Waals surface area (Å²) in [6.45, 7) is 2.36. The number of rotatable bonds is 13. The van der Waals surface area contributed by atoms with Crippen molar-refractivity contribution in [3.05, 3.63) is 166 Å². The van der Waals surface area contributed by atoms with E-state index < -0.39 is 29.9 Å². The highest BCUT2D eigenvalue weighted by Crippen LogP contribution is 2.40. The highest BCUT2D eigenvalue weighted by Gasteiger charge is 2.37. The predicted octanol–water partition coefficient (Wildman–Crippen LogP) is 7.61. The van der Waals surface area contributed by atoms with E-state index in [4.69, 9.17) is 25.8 Å². The summed E-state index contributed by atoms with van der Waals surface area (Å²) in [6.07, 6.45) is 1.17. The van der Waals surface area contributed by atoms with E-state index >= 15 is 0 Å². The lowest BCUT2D eigenvalue weighted by Crippen LogP contribution is -2.47. The molecule has 58 heavy (non-hydrogen) atoms. The second kappa shape index (κ2) is 19.1. The van der Waals surface area contributed by atoms with Crippen molar-refractivity contribution in [2.24, 2.45) is 0 Å². The van der Waals surface area contributed by atoms with E-state index in [0.717, 1.165) is 57.6 Å². The molecule has 302 valence electrons. The molecule has 4 unspecified atom stereocenters. The number of nitrogens with one attached hydrogen (secondary N) is 2. The number of ether oxygens (including phenoxy) is 3. The second-order valence-electron chi connectivity index (χ2n) is 15.1. The first kappa shape index (κ1) is 41.1. The Morgan fingerprint density at radius 2 is 1.52 bits per heavy atom. The number of carbonyl (C=O) groups is 2. The third-order valence-electron chi connectivity index (χ3n) is 11.1. The van der Waals surface area contributed by atoms with Crippen LogP contribution in [0.25, 0.3) is 11.1 Å². The van der Waals surface area contributed by atoms with E-state index in [-0.39, 0.29) is 25.4 Å². The molecular formula is C47H50ClN3O7. The van der Waals surface area contributed by atoms with E-state index in [2.05, 4.69) is 21.6 Å². The van der Waals surface area contributed by atoms with Crippen LogP contribution < -0.4 is 10.6 Å². The summed E-state index contributed by atoms with van der Waals surface area (Å²) in [5.41, 5.74) is 6.45. The van der Waals surface area contributed by atoms with E-state index in [1.165, 1.54) is 7.11 Å². The summed E-state index contributed by atoms with van der Waals surface area (Å²) in [5, 5.41) is 27.4. The minimum absolute atomic E-state index is 0.0284. The molecule has 7 rings (SSSR count). The van der Waals surface area contributed by atoms with Crippen LogP contribution in [0.15, 0.2) is 127 Å². The average molecular weight is 804 g/mol. The van der Waals surface area contributed by atoms with Crippen LogP contribution in [0.4, 0.5) is 4.79 Å². The highest BCUT2D eigenvalue weighted by molar-refractivity contribution is 6.30. The first-order valence-corrected chi connectivity index (χ1v) is 20.1. The summed E-state index contributed by atoms with van der Waals surface area (Å²) in [6, 6.07) is 39.6. The maximum atomic E-state index is 12.9. The Morgan fingerprint density at radius 3 is 2.22 bits per heavy atom. The number of hydrogen-bond donors (Lipinski definition) is 4. The van der Waals surface area contributed by atoms with Crippen LogP contribution in [-0.4, -0.2) is 66.0 Å². The van der Waals surface area contributed by atoms with Crippen molar-refractivity contribution >= 4 is 23.6 Å². The van der Waals surface area contributed by atoms with Gasteiger partial charge in [0.1, 0.15) is 6.04 Å². The first-order valence-electron chi connectivity index (χ1n) is 19.7. The number of aliphatic hydroxyl groups excluding tert-OH is 1. The Labute approximate surface area is 344 Å². The van der Waals surface area contributed by atoms with Crippen molar-refractivity contribution in [2.75, 3.05) is 26.7 Å². The van der Waals surface area contributed by atoms with E-state index in [1.807, 2.05) is 121 Å². The van der Waals surface area contributed by atoms with Gasteiger partial charge in [0.15, 0.2) is 6.29 Å². The molecule has 0 radical (unpaired) electrons. The molecule has 2 aliphatic heterocycles. The Morgan fingerprint density at radius 1 is 0.828 bits per heavy atom. The topological polar surface area (TPSA) is 130 Å². The van der Waals surface area contributed by atoms with Gasteiger partial charge < -0.3 is 40.0 Å². The number of halogens is 1. The number of piperidine rings is 1. The minimum atomic E-state index is -0.895. The molecule has 0 aliphatic carbocycles. The summed E-state index contributed by atoms with van der Waals surface area (Å²) in [5.74, 6) is -0.515. The smallest absolute Gasteiger partial charge is 0.328 e. The number of benzene rings is 5. The Balaban J connectivity index is 1.02. The highest BCUT2D eigenvalue weighted by atomic mass is 35.5. The molecule has 2 heterocycles. The van der Waals surface area contributed by atoms with Gasteiger partial charge in [-0.15, -0.1) is 0 Å². The van der Waals surface area contributed by atoms with Gasteiger partial charge in [0.2, 0.25) is 0 Å². The van der Waals surface area contributed by atoms with Crippen molar-refractivity contribution in [3.63, 3.8) is 0 Å². The first-order chi connectivity index (χ1) is 28.2. The maximum absolute atomic E-state index is 12.9. The Bertz CT molecular complexity index is 2130. The molecule has 0 spiro atoms. The van der Waals surface area contributed by atoms with E-state index in [0.29, 0.717) is 37.3 Å². The number of urea groups is 1. The van der Waals surface area contributed by atoms with Crippen molar-refractivity contribution < 1.29 is 34.0 Å². The molecule has 10 nitrogen and oxygen atoms in total. The van der Waals surface area contributed by atoms with Gasteiger partial charge in [-0.05, 0) is 76.1 Å². The number of nitrogens with zero attached hydrogens (tertiary/aromatic N) is 1. The fourth-order valence-corrected chi connectivity index (χ4v) is 7.90. The quantitative estimate of drug-likeness (QED) is 0.0896. The van der Waals surface area contributed by atoms with Gasteiger partial charge in [-0.1, -0.05) is 115 Å². The summed E-state index contributed by atoms with van der Waals surface area (Å²) in [4.78, 5) is 27.8. The molecule has 4 atom stereocenters. The van der Waals surface area contributed by atoms with Crippen LogP contribution in [0.5, 0.6) is 0 Å². The van der Waals surface area contributed by atoms with Gasteiger partial charge in [0.05, 0.1) is 31.5 Å². The van der Waals surface area contributed by atoms with Crippen LogP contribution in [0.1, 0.15) is 65.0 Å². The molecule has 11 heteroatoms. The van der Waals surface area contributed by atoms with Crippen LogP contribution in [0.2, 0.25) is 5.02 Å². The molecule has 2 amide bonds. The lowest BCUT2D eigenvalue weighted by molar-refractivity contribution is -0.253. The van der Waals surface area contributed by atoms with Gasteiger partial charge >= 0.3 is 12.0 Å². The molecule has 2 aliphatic rings. The zero-order chi connectivity index (χ0) is 40.5. The summed E-state index contributed by atoms with van der Waals surface area (Å²) >= 11 is 6.11. The van der Waals surface area contributed by atoms with E-state index in [1.54, 1.807) is 0 Å². The number of methoxy groups -OCH3 is 1. The summed E-state index contributed by atoms with van der Waals surface area (Å²) in [7, 11) is 1.31. The fourth-order valence-electron chi connectivity index (χ4n) is 7.78. The van der Waals surface area contributed by atoms with Crippen LogP contribution in [-0.2, 0) is 44.2 Å². The monoisotopic (exact) mass is 803 g/mol. The number of hydrogen-bond acceptors (Lipinski definition) is 8. The molecule has 5 aromatic carbocycles. The molecule has 2 fully saturated rings. The Hall–Kier alpha value is -5.07. The van der Waals surface area contributed by atoms with E-state index in [9.17, 15) is 19.8 Å². The molecule has 2 saturated heterocycles. The molecule has 0 bridgehead atoms. The van der Waals surface area contributed by atoms with Gasteiger partial charge in [-0.2, -0.15) is 0 Å². The van der Waals surface area contributed by atoms with Gasteiger partial charge in [-0.25, -0.2) is 9.59 Å². The van der Waals surface area contributed by atoms with Crippen LogP contribution in [0.3, 0.4) is 0 Å². The predicted molar refractivity (Wildman–Crippen MR) is 223 cm³/mol. The molecular weight excluding hydrogens is 754 g/mol. The fraction of sp³-hybridized carbons (Fsp3) is 0.319. The lowest BCUT2D eigenvalue weighted by Gasteiger charge is -2.42. The van der Waals surface area contributed by atoms with Crippen molar-refractivity contribution in [2.45, 2.75) is 69.0 Å². The average Bonchev–Trinajstić information content (AvgIpc) is 3.26. The summed E-state index contributed by atoms with van der Waals surface area (Å²) < 4.78 is 18.4. The number of likely N-dealkylation sites (tertiary alicyclic amines) is 1. The lowest BCUT2D eigenvalue weighted by atomic mass is 9.84. The zero-order valence-electron chi connectivity index (χ0n) is 32.6. The van der Waals surface area contributed by atoms with Crippen LogP contribution >= 0.6 is 11.6 Å². The molecule has 5 aromatic rings. The largest absolute Gasteiger partial charge is 0.467 e. The van der Waals surface area contributed by atoms with Crippen molar-refractivity contribution in [3.8, 4) is 11.1 Å². The van der Waals surface area contributed by atoms with Crippen molar-refractivity contribution in [1.82, 2.24) is 15.5 Å². The SMILES string of the molecule is COC(=O)C(Cc1ccccc1)NC(=O)NCc1cccc(-c2cccc(C3OC(CN4CCC(O)(c5ccc(Cl)cc5)CC4)CC(c4ccc(CO)cc4)O3)c2)c1. The second-order valence-corrected chi connectivity index (χ2v) is 15.5. The normalized spacial score (nSPS) is 19.8. The maximum Gasteiger partial charge on any atom is 0.328 e. The standard InChI is InChI=1S/C47H50ClN3O7/c1-56-44(53)42(26-32-7-3-2-4-8-32)50-46(54)49-29-34-9-5-10-36(25-34)37-11-6-12-38(27-37)45-57-41(28-43(58-45)35-15-13-33(31-52)14-16-35)30-51-23-21-47(55,22-24-51)39-17-19-40(48)20-18-39/h2-20,25,27,41-43,45,52,55H,21-24,26,28-31H2,1H3,(H2,49,50,54). The van der Waals surface area contributed by atoms with Gasteiger partial charge in [0.25, 0.3) is 0 Å². The molecule has 4 N–H and O–H groups in total. The van der Waals surface area contributed by atoms with Crippen molar-refractivity contribution in [1.29, 1.82) is 0 Å². The number of aliphatic hydroxyl groups is 2. The van der Waals surface area contributed by atoms with Crippen LogP contribution in [0, 0.1) is 0 Å². The minimum Gasteiger partial charge on any atom is -0.467 e. The zero-order valence-corrected chi connectivity index (χ0v) is 33.3. The number of carbonyl (C=O) groups excluding carboxylic acids is 2. The number of esters is 1.